The zero-order chi connectivity index (χ0) is 20.4. The Bertz CT molecular complexity index is 777. The molecule has 0 radical (unpaired) electrons. The van der Waals surface area contributed by atoms with Crippen molar-refractivity contribution < 1.29 is 19.4 Å². The molecule has 0 bridgehead atoms. The Morgan fingerprint density at radius 1 is 1.14 bits per heavy atom. The molecule has 1 aromatic heterocycles. The number of carboxylic acid groups (broad SMARTS) is 1. The summed E-state index contributed by atoms with van der Waals surface area (Å²) in [5.41, 5.74) is 1.15. The van der Waals surface area contributed by atoms with E-state index in [0.717, 1.165) is 42.5 Å². The molecule has 7 heteroatoms. The van der Waals surface area contributed by atoms with Gasteiger partial charge in [0.25, 0.3) is 0 Å². The van der Waals surface area contributed by atoms with Crippen LogP contribution in [0, 0.1) is 0 Å². The van der Waals surface area contributed by atoms with Gasteiger partial charge in [-0.25, -0.2) is 9.59 Å². The van der Waals surface area contributed by atoms with Crippen molar-refractivity contribution in [2.45, 2.75) is 39.0 Å². The summed E-state index contributed by atoms with van der Waals surface area (Å²) in [6.45, 7) is 3.57. The van der Waals surface area contributed by atoms with Gasteiger partial charge >= 0.3 is 12.1 Å². The van der Waals surface area contributed by atoms with Crippen LogP contribution in [-0.4, -0.2) is 41.8 Å². The number of hydrogen-bond donors (Lipinski definition) is 1. The standard InChI is InChI=1S/C21H26ClNO4S/c1-2-14-27-21(26)23(12-4-7-16-6-3-8-17(22)15-16)13-5-9-18-10-11-19(28-18)20(24)25/h3,6,8,10-11,15H,2,4-5,7,9,12-14H2,1H3,(H,24,25). The molecule has 0 spiro atoms. The van der Waals surface area contributed by atoms with Crippen molar-refractivity contribution in [1.82, 2.24) is 4.90 Å². The quantitative estimate of drug-likeness (QED) is 0.517. The summed E-state index contributed by atoms with van der Waals surface area (Å²) in [7, 11) is 0. The number of halogens is 1. The molecule has 1 N–H and O–H groups in total. The zero-order valence-corrected chi connectivity index (χ0v) is 17.6. The summed E-state index contributed by atoms with van der Waals surface area (Å²) >= 11 is 7.31. The Morgan fingerprint density at radius 2 is 1.89 bits per heavy atom. The average molecular weight is 424 g/mol. The minimum Gasteiger partial charge on any atom is -0.477 e. The number of aryl methyl sites for hydroxylation is 2. The molecule has 0 saturated heterocycles. The van der Waals surface area contributed by atoms with E-state index in [-0.39, 0.29) is 6.09 Å². The number of benzene rings is 1. The molecular weight excluding hydrogens is 398 g/mol. The van der Waals surface area contributed by atoms with Crippen molar-refractivity contribution in [1.29, 1.82) is 0 Å². The summed E-state index contributed by atoms with van der Waals surface area (Å²) in [6, 6.07) is 11.2. The molecule has 1 amide bonds. The van der Waals surface area contributed by atoms with Crippen LogP contribution >= 0.6 is 22.9 Å². The van der Waals surface area contributed by atoms with E-state index in [1.807, 2.05) is 37.3 Å². The van der Waals surface area contributed by atoms with E-state index in [2.05, 4.69) is 0 Å². The van der Waals surface area contributed by atoms with Gasteiger partial charge < -0.3 is 14.7 Å². The Morgan fingerprint density at radius 3 is 2.54 bits per heavy atom. The number of carbonyl (C=O) groups is 2. The Balaban J connectivity index is 1.85. The number of aromatic carboxylic acids is 1. The van der Waals surface area contributed by atoms with Gasteiger partial charge in [0.15, 0.2) is 0 Å². The Kier molecular flexibility index (Phi) is 9.31. The number of hydrogen-bond acceptors (Lipinski definition) is 4. The van der Waals surface area contributed by atoms with Crippen molar-refractivity contribution in [2.75, 3.05) is 19.7 Å². The molecule has 0 aliphatic heterocycles. The molecule has 0 aliphatic carbocycles. The van der Waals surface area contributed by atoms with Gasteiger partial charge in [-0.15, -0.1) is 11.3 Å². The highest BCUT2D eigenvalue weighted by atomic mass is 35.5. The topological polar surface area (TPSA) is 66.8 Å². The molecule has 152 valence electrons. The minimum absolute atomic E-state index is 0.287. The van der Waals surface area contributed by atoms with Crippen molar-refractivity contribution >= 4 is 35.0 Å². The number of carboxylic acids is 1. The predicted molar refractivity (Wildman–Crippen MR) is 113 cm³/mol. The number of rotatable bonds is 11. The molecule has 0 aliphatic rings. The first-order valence-corrected chi connectivity index (χ1v) is 10.7. The lowest BCUT2D eigenvalue weighted by Gasteiger charge is -2.22. The molecule has 0 saturated carbocycles. The van der Waals surface area contributed by atoms with Crippen LogP contribution in [0.2, 0.25) is 5.02 Å². The van der Waals surface area contributed by atoms with Crippen molar-refractivity contribution in [3.8, 4) is 0 Å². The number of amides is 1. The second kappa shape index (κ2) is 11.7. The summed E-state index contributed by atoms with van der Waals surface area (Å²) < 4.78 is 5.30. The van der Waals surface area contributed by atoms with Crippen LogP contribution < -0.4 is 0 Å². The zero-order valence-electron chi connectivity index (χ0n) is 16.0. The molecule has 0 unspecified atom stereocenters. The van der Waals surface area contributed by atoms with E-state index in [4.69, 9.17) is 21.4 Å². The predicted octanol–water partition coefficient (Wildman–Crippen LogP) is 5.51. The molecule has 2 aromatic rings. The van der Waals surface area contributed by atoms with Gasteiger partial charge in [-0.05, 0) is 61.9 Å². The maximum Gasteiger partial charge on any atom is 0.409 e. The van der Waals surface area contributed by atoms with Crippen LogP contribution in [0.15, 0.2) is 36.4 Å². The van der Waals surface area contributed by atoms with Gasteiger partial charge in [0.2, 0.25) is 0 Å². The molecule has 28 heavy (non-hydrogen) atoms. The second-order valence-electron chi connectivity index (χ2n) is 6.51. The fourth-order valence-electron chi connectivity index (χ4n) is 2.81. The number of nitrogens with zero attached hydrogens (tertiary/aromatic N) is 1. The van der Waals surface area contributed by atoms with Crippen molar-refractivity contribution in [3.05, 3.63) is 56.7 Å². The highest BCUT2D eigenvalue weighted by Crippen LogP contribution is 2.18. The van der Waals surface area contributed by atoms with Gasteiger partial charge in [-0.3, -0.25) is 0 Å². The lowest BCUT2D eigenvalue weighted by atomic mass is 10.1. The van der Waals surface area contributed by atoms with Crippen molar-refractivity contribution in [3.63, 3.8) is 0 Å². The summed E-state index contributed by atoms with van der Waals surface area (Å²) in [5, 5.41) is 9.72. The molecule has 1 heterocycles. The second-order valence-corrected chi connectivity index (χ2v) is 8.11. The summed E-state index contributed by atoms with van der Waals surface area (Å²) in [4.78, 5) is 26.4. The van der Waals surface area contributed by atoms with Crippen LogP contribution in [0.4, 0.5) is 4.79 Å². The monoisotopic (exact) mass is 423 g/mol. The molecular formula is C21H26ClNO4S. The Labute approximate surface area is 174 Å². The maximum absolute atomic E-state index is 12.3. The first-order valence-electron chi connectivity index (χ1n) is 9.47. The number of thiophene rings is 1. The van der Waals surface area contributed by atoms with Gasteiger partial charge in [-0.1, -0.05) is 30.7 Å². The third-order valence-electron chi connectivity index (χ3n) is 4.19. The smallest absolute Gasteiger partial charge is 0.409 e. The van der Waals surface area contributed by atoms with Crippen molar-refractivity contribution in [2.24, 2.45) is 0 Å². The Hall–Kier alpha value is -2.05. The van der Waals surface area contributed by atoms with E-state index < -0.39 is 5.97 Å². The van der Waals surface area contributed by atoms with E-state index >= 15 is 0 Å². The lowest BCUT2D eigenvalue weighted by molar-refractivity contribution is 0.0702. The molecule has 5 nitrogen and oxygen atoms in total. The first-order chi connectivity index (χ1) is 13.5. The SMILES string of the molecule is CCCOC(=O)N(CCCc1cccc(Cl)c1)CCCc1ccc(C(=O)O)s1. The number of ether oxygens (including phenoxy) is 1. The van der Waals surface area contributed by atoms with Crippen LogP contribution in [0.1, 0.15) is 46.3 Å². The first kappa shape index (κ1) is 22.2. The van der Waals surface area contributed by atoms with E-state index in [1.54, 1.807) is 11.0 Å². The average Bonchev–Trinajstić information content (AvgIpc) is 3.14. The maximum atomic E-state index is 12.3. The largest absolute Gasteiger partial charge is 0.477 e. The van der Waals surface area contributed by atoms with Gasteiger partial charge in [0.1, 0.15) is 4.88 Å². The highest BCUT2D eigenvalue weighted by Gasteiger charge is 2.15. The minimum atomic E-state index is -0.901. The van der Waals surface area contributed by atoms with E-state index in [9.17, 15) is 9.59 Å². The summed E-state index contributed by atoms with van der Waals surface area (Å²) in [6.07, 6.45) is 3.66. The molecule has 1 aromatic carbocycles. The van der Waals surface area contributed by atoms with Gasteiger partial charge in [0.05, 0.1) is 6.61 Å². The third kappa shape index (κ3) is 7.52. The fraction of sp³-hybridized carbons (Fsp3) is 0.429. The van der Waals surface area contributed by atoms with Gasteiger partial charge in [0, 0.05) is 23.0 Å². The lowest BCUT2D eigenvalue weighted by Crippen LogP contribution is -2.34. The van der Waals surface area contributed by atoms with Crippen LogP contribution in [0.25, 0.3) is 0 Å². The van der Waals surface area contributed by atoms with Crippen LogP contribution in [-0.2, 0) is 17.6 Å². The van der Waals surface area contributed by atoms with Crippen LogP contribution in [0.3, 0.4) is 0 Å². The molecule has 2 rings (SSSR count). The van der Waals surface area contributed by atoms with Crippen LogP contribution in [0.5, 0.6) is 0 Å². The van der Waals surface area contributed by atoms with E-state index in [0.29, 0.717) is 29.6 Å². The summed E-state index contributed by atoms with van der Waals surface area (Å²) in [5.74, 6) is -0.901. The third-order valence-corrected chi connectivity index (χ3v) is 5.56. The number of carbonyl (C=O) groups excluding carboxylic acids is 1. The van der Waals surface area contributed by atoms with E-state index in [1.165, 1.54) is 11.3 Å². The normalized spacial score (nSPS) is 10.6. The highest BCUT2D eigenvalue weighted by molar-refractivity contribution is 7.13. The van der Waals surface area contributed by atoms with Gasteiger partial charge in [-0.2, -0.15) is 0 Å². The molecule has 0 fully saturated rings. The molecule has 0 atom stereocenters. The fourth-order valence-corrected chi connectivity index (χ4v) is 3.91.